The minimum Gasteiger partial charge on any atom is -0.493 e. The second-order valence-corrected chi connectivity index (χ2v) is 5.68. The normalized spacial score (nSPS) is 12.9. The van der Waals surface area contributed by atoms with Crippen molar-refractivity contribution in [1.82, 2.24) is 4.98 Å². The topological polar surface area (TPSA) is 68.4 Å². The average molecular weight is 276 g/mol. The summed E-state index contributed by atoms with van der Waals surface area (Å²) in [5.41, 5.74) is 9.25. The number of thiazole rings is 1. The molecule has 0 saturated carbocycles. The molecule has 1 aliphatic rings. The van der Waals surface area contributed by atoms with Gasteiger partial charge < -0.3 is 15.6 Å². The monoisotopic (exact) mass is 276 g/mol. The zero-order valence-electron chi connectivity index (χ0n) is 10.6. The highest BCUT2D eigenvalue weighted by atomic mass is 32.1. The molecule has 19 heavy (non-hydrogen) atoms. The molecule has 0 amide bonds. The van der Waals surface area contributed by atoms with Gasteiger partial charge in [-0.25, -0.2) is 4.98 Å². The van der Waals surface area contributed by atoms with E-state index in [4.69, 9.17) is 15.6 Å². The van der Waals surface area contributed by atoms with E-state index < -0.39 is 0 Å². The predicted molar refractivity (Wildman–Crippen MR) is 76.6 cm³/mol. The molecule has 0 aliphatic heterocycles. The molecule has 0 atom stereocenters. The van der Waals surface area contributed by atoms with Crippen LogP contribution < -0.4 is 10.5 Å². The molecule has 1 aromatic carbocycles. The van der Waals surface area contributed by atoms with Crippen molar-refractivity contribution in [2.24, 2.45) is 0 Å². The molecule has 0 unspecified atom stereocenters. The first kappa shape index (κ1) is 12.4. The molecule has 0 bridgehead atoms. The summed E-state index contributed by atoms with van der Waals surface area (Å²) in [5, 5.41) is 9.39. The predicted octanol–water partition coefficient (Wildman–Crippen LogP) is 2.25. The van der Waals surface area contributed by atoms with Gasteiger partial charge in [-0.2, -0.15) is 0 Å². The van der Waals surface area contributed by atoms with E-state index in [0.29, 0.717) is 18.2 Å². The fourth-order valence-corrected chi connectivity index (χ4v) is 3.20. The van der Waals surface area contributed by atoms with E-state index in [2.05, 4.69) is 17.1 Å². The Morgan fingerprint density at radius 2 is 2.26 bits per heavy atom. The molecular formula is C14H16N2O2S. The SMILES string of the molecule is Nc1nc2c(s1)CCc1cc(OCCCO)ccc1-2. The lowest BCUT2D eigenvalue weighted by atomic mass is 9.93. The summed E-state index contributed by atoms with van der Waals surface area (Å²) in [7, 11) is 0. The summed E-state index contributed by atoms with van der Waals surface area (Å²) in [4.78, 5) is 5.70. The van der Waals surface area contributed by atoms with Gasteiger partial charge in [0.1, 0.15) is 5.75 Å². The summed E-state index contributed by atoms with van der Waals surface area (Å²) in [6, 6.07) is 6.09. The summed E-state index contributed by atoms with van der Waals surface area (Å²) in [5.74, 6) is 0.860. The number of aliphatic hydroxyl groups excluding tert-OH is 1. The largest absolute Gasteiger partial charge is 0.493 e. The minimum atomic E-state index is 0.159. The van der Waals surface area contributed by atoms with Gasteiger partial charge in [-0.15, -0.1) is 11.3 Å². The molecule has 0 spiro atoms. The third kappa shape index (κ3) is 2.43. The van der Waals surface area contributed by atoms with Crippen molar-refractivity contribution in [1.29, 1.82) is 0 Å². The Kier molecular flexibility index (Phi) is 3.40. The number of benzene rings is 1. The van der Waals surface area contributed by atoms with Crippen LogP contribution in [-0.2, 0) is 12.8 Å². The number of aryl methyl sites for hydroxylation is 2. The molecule has 2 aromatic rings. The Morgan fingerprint density at radius 1 is 1.37 bits per heavy atom. The van der Waals surface area contributed by atoms with Crippen LogP contribution in [0.2, 0.25) is 0 Å². The van der Waals surface area contributed by atoms with Crippen LogP contribution in [0.3, 0.4) is 0 Å². The van der Waals surface area contributed by atoms with Gasteiger partial charge in [0.05, 0.1) is 12.3 Å². The molecule has 4 nitrogen and oxygen atoms in total. The number of anilines is 1. The van der Waals surface area contributed by atoms with Crippen LogP contribution in [0.5, 0.6) is 5.75 Å². The van der Waals surface area contributed by atoms with Crippen LogP contribution in [0.15, 0.2) is 18.2 Å². The summed E-state index contributed by atoms with van der Waals surface area (Å²) >= 11 is 1.58. The molecule has 0 fully saturated rings. The molecule has 5 heteroatoms. The van der Waals surface area contributed by atoms with Crippen LogP contribution >= 0.6 is 11.3 Å². The number of nitrogens with two attached hydrogens (primary N) is 1. The molecule has 1 heterocycles. The number of rotatable bonds is 4. The zero-order chi connectivity index (χ0) is 13.2. The maximum Gasteiger partial charge on any atom is 0.180 e. The quantitative estimate of drug-likeness (QED) is 0.840. The first-order chi connectivity index (χ1) is 9.28. The highest BCUT2D eigenvalue weighted by molar-refractivity contribution is 7.15. The Morgan fingerprint density at radius 3 is 3.11 bits per heavy atom. The Bertz CT molecular complexity index is 595. The summed E-state index contributed by atoms with van der Waals surface area (Å²) in [6.45, 7) is 0.705. The zero-order valence-corrected chi connectivity index (χ0v) is 11.4. The second kappa shape index (κ2) is 5.19. The van der Waals surface area contributed by atoms with Crippen LogP contribution in [0.25, 0.3) is 11.3 Å². The van der Waals surface area contributed by atoms with Crippen molar-refractivity contribution in [3.05, 3.63) is 28.6 Å². The maximum absolute atomic E-state index is 8.75. The molecule has 0 saturated heterocycles. The molecule has 1 aliphatic carbocycles. The van der Waals surface area contributed by atoms with Gasteiger partial charge in [-0.1, -0.05) is 0 Å². The molecule has 3 N–H and O–H groups in total. The van der Waals surface area contributed by atoms with Crippen molar-refractivity contribution in [2.75, 3.05) is 18.9 Å². The first-order valence-corrected chi connectivity index (χ1v) is 7.21. The smallest absolute Gasteiger partial charge is 0.180 e. The Balaban J connectivity index is 1.87. The molecule has 3 rings (SSSR count). The number of nitrogen functional groups attached to an aromatic ring is 1. The average Bonchev–Trinajstić information content (AvgIpc) is 2.79. The number of nitrogens with zero attached hydrogens (tertiary/aromatic N) is 1. The lowest BCUT2D eigenvalue weighted by Crippen LogP contribution is -2.04. The third-order valence-corrected chi connectivity index (χ3v) is 4.18. The first-order valence-electron chi connectivity index (χ1n) is 6.40. The van der Waals surface area contributed by atoms with E-state index in [1.165, 1.54) is 16.0 Å². The van der Waals surface area contributed by atoms with Gasteiger partial charge in [0, 0.05) is 23.5 Å². The van der Waals surface area contributed by atoms with Crippen molar-refractivity contribution in [2.45, 2.75) is 19.3 Å². The van der Waals surface area contributed by atoms with E-state index in [9.17, 15) is 0 Å². The van der Waals surface area contributed by atoms with Gasteiger partial charge in [-0.05, 0) is 36.6 Å². The fourth-order valence-electron chi connectivity index (χ4n) is 2.35. The lowest BCUT2D eigenvalue weighted by Gasteiger charge is -2.16. The van der Waals surface area contributed by atoms with Gasteiger partial charge in [0.15, 0.2) is 5.13 Å². The summed E-state index contributed by atoms with van der Waals surface area (Å²) in [6.07, 6.45) is 2.66. The van der Waals surface area contributed by atoms with E-state index in [-0.39, 0.29) is 6.61 Å². The highest BCUT2D eigenvalue weighted by Gasteiger charge is 2.20. The van der Waals surface area contributed by atoms with Crippen molar-refractivity contribution in [3.8, 4) is 17.0 Å². The van der Waals surface area contributed by atoms with Crippen molar-refractivity contribution < 1.29 is 9.84 Å². The molecule has 0 radical (unpaired) electrons. The van der Waals surface area contributed by atoms with Gasteiger partial charge in [-0.3, -0.25) is 0 Å². The van der Waals surface area contributed by atoms with Gasteiger partial charge >= 0.3 is 0 Å². The number of aliphatic hydroxyl groups is 1. The van der Waals surface area contributed by atoms with E-state index in [1.54, 1.807) is 11.3 Å². The highest BCUT2D eigenvalue weighted by Crippen LogP contribution is 2.38. The molecule has 1 aromatic heterocycles. The Hall–Kier alpha value is -1.59. The summed E-state index contributed by atoms with van der Waals surface area (Å²) < 4.78 is 5.60. The number of ether oxygens (including phenoxy) is 1. The van der Waals surface area contributed by atoms with Crippen LogP contribution in [0.4, 0.5) is 5.13 Å². The molecular weight excluding hydrogens is 260 g/mol. The van der Waals surface area contributed by atoms with Crippen LogP contribution in [0.1, 0.15) is 16.9 Å². The van der Waals surface area contributed by atoms with E-state index in [0.717, 1.165) is 24.3 Å². The minimum absolute atomic E-state index is 0.159. The van der Waals surface area contributed by atoms with E-state index in [1.807, 2.05) is 6.07 Å². The van der Waals surface area contributed by atoms with E-state index >= 15 is 0 Å². The number of aromatic nitrogens is 1. The fraction of sp³-hybridized carbons (Fsp3) is 0.357. The van der Waals surface area contributed by atoms with Gasteiger partial charge in [0.25, 0.3) is 0 Å². The Labute approximate surface area is 115 Å². The number of fused-ring (bicyclic) bond motifs is 3. The van der Waals surface area contributed by atoms with Gasteiger partial charge in [0.2, 0.25) is 0 Å². The lowest BCUT2D eigenvalue weighted by molar-refractivity contribution is 0.233. The number of hydrogen-bond donors (Lipinski definition) is 2. The second-order valence-electron chi connectivity index (χ2n) is 4.57. The van der Waals surface area contributed by atoms with Crippen molar-refractivity contribution in [3.63, 3.8) is 0 Å². The number of hydrogen-bond acceptors (Lipinski definition) is 5. The molecule has 100 valence electrons. The standard InChI is InChI=1S/C14H16N2O2S/c15-14-16-13-11-4-3-10(18-7-1-6-17)8-9(11)2-5-12(13)19-14/h3-4,8,17H,1-2,5-7H2,(H2,15,16). The van der Waals surface area contributed by atoms with Crippen LogP contribution in [0, 0.1) is 0 Å². The van der Waals surface area contributed by atoms with Crippen LogP contribution in [-0.4, -0.2) is 23.3 Å². The maximum atomic E-state index is 8.75. The van der Waals surface area contributed by atoms with Crippen molar-refractivity contribution >= 4 is 16.5 Å². The third-order valence-electron chi connectivity index (χ3n) is 3.24.